The minimum atomic E-state index is -3.73. The van der Waals surface area contributed by atoms with Crippen LogP contribution >= 0.6 is 11.8 Å². The van der Waals surface area contributed by atoms with E-state index in [1.807, 2.05) is 17.2 Å². The zero-order valence-electron chi connectivity index (χ0n) is 17.9. The SMILES string of the molecule is CCCC[C@@H]1CN(c2ccc(F)cc2)c2cc(SC)c(OCC3CC3)cc2S(=O)(=O)N1. The number of rotatable bonds is 8. The summed E-state index contributed by atoms with van der Waals surface area (Å²) in [6.07, 6.45) is 6.93. The summed E-state index contributed by atoms with van der Waals surface area (Å²) in [7, 11) is -3.73. The largest absolute Gasteiger partial charge is 0.492 e. The lowest BCUT2D eigenvalue weighted by atomic mass is 10.1. The van der Waals surface area contributed by atoms with Crippen LogP contribution in [0.15, 0.2) is 46.2 Å². The zero-order valence-corrected chi connectivity index (χ0v) is 19.6. The molecular formula is C23H29FN2O3S2. The van der Waals surface area contributed by atoms with E-state index in [2.05, 4.69) is 11.6 Å². The van der Waals surface area contributed by atoms with E-state index in [4.69, 9.17) is 4.74 Å². The summed E-state index contributed by atoms with van der Waals surface area (Å²) < 4.78 is 49.2. The Morgan fingerprint density at radius 2 is 1.97 bits per heavy atom. The van der Waals surface area contributed by atoms with Gasteiger partial charge in [0.05, 0.1) is 17.2 Å². The number of hydrogen-bond donors (Lipinski definition) is 1. The lowest BCUT2D eigenvalue weighted by Crippen LogP contribution is -2.39. The van der Waals surface area contributed by atoms with Crippen molar-refractivity contribution in [1.29, 1.82) is 0 Å². The van der Waals surface area contributed by atoms with Crippen LogP contribution in [0.25, 0.3) is 0 Å². The third-order valence-electron chi connectivity index (χ3n) is 5.77. The molecule has 1 atom stereocenters. The number of sulfonamides is 1. The maximum Gasteiger partial charge on any atom is 0.243 e. The van der Waals surface area contributed by atoms with Crippen LogP contribution in [0.5, 0.6) is 5.75 Å². The van der Waals surface area contributed by atoms with E-state index in [0.717, 1.165) is 42.7 Å². The molecule has 168 valence electrons. The van der Waals surface area contributed by atoms with Gasteiger partial charge in [-0.15, -0.1) is 11.8 Å². The van der Waals surface area contributed by atoms with Gasteiger partial charge in [0.2, 0.25) is 10.0 Å². The molecule has 0 unspecified atom stereocenters. The summed E-state index contributed by atoms with van der Waals surface area (Å²) in [6.45, 7) is 3.18. The number of unbranched alkanes of at least 4 members (excludes halogenated alkanes) is 1. The third kappa shape index (κ3) is 5.18. The van der Waals surface area contributed by atoms with Crippen LogP contribution in [0.4, 0.5) is 15.8 Å². The lowest BCUT2D eigenvalue weighted by Gasteiger charge is -2.28. The van der Waals surface area contributed by atoms with Gasteiger partial charge in [-0.25, -0.2) is 17.5 Å². The Morgan fingerprint density at radius 1 is 1.23 bits per heavy atom. The molecule has 4 rings (SSSR count). The van der Waals surface area contributed by atoms with E-state index in [1.165, 1.54) is 23.9 Å². The molecule has 2 aromatic carbocycles. The first kappa shape index (κ1) is 22.4. The quantitative estimate of drug-likeness (QED) is 0.536. The fourth-order valence-electron chi connectivity index (χ4n) is 3.83. The Kier molecular flexibility index (Phi) is 6.79. The van der Waals surface area contributed by atoms with Crippen LogP contribution in [-0.4, -0.2) is 33.9 Å². The molecular weight excluding hydrogens is 435 g/mol. The van der Waals surface area contributed by atoms with E-state index in [9.17, 15) is 12.8 Å². The second-order valence-corrected chi connectivity index (χ2v) is 10.8. The molecule has 5 nitrogen and oxygen atoms in total. The van der Waals surface area contributed by atoms with Gasteiger partial charge in [-0.3, -0.25) is 0 Å². The average Bonchev–Trinajstić information content (AvgIpc) is 3.59. The molecule has 0 saturated heterocycles. The van der Waals surface area contributed by atoms with E-state index in [1.54, 1.807) is 18.2 Å². The first-order valence-electron chi connectivity index (χ1n) is 10.8. The molecule has 31 heavy (non-hydrogen) atoms. The van der Waals surface area contributed by atoms with Gasteiger partial charge in [0.25, 0.3) is 0 Å². The number of fused-ring (bicyclic) bond motifs is 1. The molecule has 8 heteroatoms. The first-order valence-corrected chi connectivity index (χ1v) is 13.5. The summed E-state index contributed by atoms with van der Waals surface area (Å²) in [5, 5.41) is 0. The standard InChI is InChI=1S/C23H29FN2O3S2/c1-3-4-5-18-14-26(19-10-8-17(24)9-11-19)20-12-22(30-2)21(29-15-16-6-7-16)13-23(20)31(27,28)25-18/h8-13,16,18,25H,3-7,14-15H2,1-2H3/t18-/m1/s1. The summed E-state index contributed by atoms with van der Waals surface area (Å²) in [5.74, 6) is 0.854. The molecule has 1 N–H and O–H groups in total. The molecule has 1 saturated carbocycles. The third-order valence-corrected chi connectivity index (χ3v) is 8.07. The van der Waals surface area contributed by atoms with Gasteiger partial charge in [-0.1, -0.05) is 19.8 Å². The molecule has 0 spiro atoms. The van der Waals surface area contributed by atoms with Crippen molar-refractivity contribution in [1.82, 2.24) is 4.72 Å². The van der Waals surface area contributed by atoms with Gasteiger partial charge < -0.3 is 9.64 Å². The van der Waals surface area contributed by atoms with E-state index >= 15 is 0 Å². The van der Waals surface area contributed by atoms with Crippen molar-refractivity contribution in [3.63, 3.8) is 0 Å². The van der Waals surface area contributed by atoms with E-state index in [-0.39, 0.29) is 16.8 Å². The summed E-state index contributed by atoms with van der Waals surface area (Å²) in [6, 6.07) is 9.53. The van der Waals surface area contributed by atoms with Crippen molar-refractivity contribution >= 4 is 33.2 Å². The van der Waals surface area contributed by atoms with Crippen molar-refractivity contribution in [3.05, 3.63) is 42.2 Å². The topological polar surface area (TPSA) is 58.6 Å². The fraction of sp³-hybridized carbons (Fsp3) is 0.478. The highest BCUT2D eigenvalue weighted by Gasteiger charge is 2.33. The molecule has 0 bridgehead atoms. The number of ether oxygens (including phenoxy) is 1. The Hall–Kier alpha value is -1.77. The smallest absolute Gasteiger partial charge is 0.243 e. The van der Waals surface area contributed by atoms with Gasteiger partial charge in [0, 0.05) is 24.3 Å². The monoisotopic (exact) mass is 464 g/mol. The number of thioether (sulfide) groups is 1. The molecule has 1 heterocycles. The van der Waals surface area contributed by atoms with Gasteiger partial charge in [-0.05, 0) is 61.8 Å². The predicted molar refractivity (Wildman–Crippen MR) is 123 cm³/mol. The van der Waals surface area contributed by atoms with Crippen molar-refractivity contribution in [2.45, 2.75) is 54.9 Å². The van der Waals surface area contributed by atoms with Crippen molar-refractivity contribution < 1.29 is 17.5 Å². The number of nitrogens with zero attached hydrogens (tertiary/aromatic N) is 1. The van der Waals surface area contributed by atoms with Crippen LogP contribution in [0.3, 0.4) is 0 Å². The second kappa shape index (κ2) is 9.38. The highest BCUT2D eigenvalue weighted by atomic mass is 32.2. The first-order chi connectivity index (χ1) is 14.9. The number of nitrogens with one attached hydrogen (secondary N) is 1. The maximum absolute atomic E-state index is 13.6. The number of anilines is 2. The maximum atomic E-state index is 13.6. The highest BCUT2D eigenvalue weighted by molar-refractivity contribution is 7.98. The molecule has 0 amide bonds. The van der Waals surface area contributed by atoms with Crippen LogP contribution in [0, 0.1) is 11.7 Å². The highest BCUT2D eigenvalue weighted by Crippen LogP contribution is 2.42. The van der Waals surface area contributed by atoms with Crippen molar-refractivity contribution in [2.24, 2.45) is 5.92 Å². The van der Waals surface area contributed by atoms with E-state index in [0.29, 0.717) is 30.5 Å². The van der Waals surface area contributed by atoms with Crippen molar-refractivity contribution in [2.75, 3.05) is 24.3 Å². The molecule has 1 fully saturated rings. The lowest BCUT2D eigenvalue weighted by molar-refractivity contribution is 0.292. The fourth-order valence-corrected chi connectivity index (χ4v) is 5.84. The normalized spacial score (nSPS) is 20.2. The van der Waals surface area contributed by atoms with Gasteiger partial charge in [0.15, 0.2) is 0 Å². The van der Waals surface area contributed by atoms with Crippen molar-refractivity contribution in [3.8, 4) is 5.75 Å². The minimum absolute atomic E-state index is 0.208. The predicted octanol–water partition coefficient (Wildman–Crippen LogP) is 5.33. The van der Waals surface area contributed by atoms with Gasteiger partial charge in [0.1, 0.15) is 16.5 Å². The Balaban J connectivity index is 1.80. The zero-order chi connectivity index (χ0) is 22.0. The minimum Gasteiger partial charge on any atom is -0.492 e. The molecule has 2 aliphatic rings. The molecule has 0 aromatic heterocycles. The van der Waals surface area contributed by atoms with Crippen LogP contribution in [0.1, 0.15) is 39.0 Å². The average molecular weight is 465 g/mol. The summed E-state index contributed by atoms with van der Waals surface area (Å²) in [4.78, 5) is 3.09. The molecule has 1 aliphatic carbocycles. The molecule has 0 radical (unpaired) electrons. The van der Waals surface area contributed by atoms with E-state index < -0.39 is 10.0 Å². The van der Waals surface area contributed by atoms with Crippen LogP contribution in [-0.2, 0) is 10.0 Å². The second-order valence-electron chi connectivity index (χ2n) is 8.27. The van der Waals surface area contributed by atoms with Crippen LogP contribution < -0.4 is 14.4 Å². The molecule has 2 aromatic rings. The van der Waals surface area contributed by atoms with Gasteiger partial charge >= 0.3 is 0 Å². The summed E-state index contributed by atoms with van der Waals surface area (Å²) in [5.41, 5.74) is 1.36. The summed E-state index contributed by atoms with van der Waals surface area (Å²) >= 11 is 1.53. The molecule has 1 aliphatic heterocycles. The number of halogens is 1. The number of benzene rings is 2. The van der Waals surface area contributed by atoms with Crippen LogP contribution in [0.2, 0.25) is 0 Å². The Bertz CT molecular complexity index is 1020. The Labute approximate surface area is 188 Å². The van der Waals surface area contributed by atoms with Gasteiger partial charge in [-0.2, -0.15) is 0 Å². The Morgan fingerprint density at radius 3 is 2.61 bits per heavy atom. The number of hydrogen-bond acceptors (Lipinski definition) is 5.